The Morgan fingerprint density at radius 1 is 1.50 bits per heavy atom. The molecule has 1 amide bonds. The molecular weight excluding hydrogens is 224 g/mol. The van der Waals surface area contributed by atoms with Gasteiger partial charge in [-0.05, 0) is 37.6 Å². The summed E-state index contributed by atoms with van der Waals surface area (Å²) in [6.45, 7) is 3.93. The summed E-state index contributed by atoms with van der Waals surface area (Å²) < 4.78 is 0. The van der Waals surface area contributed by atoms with Crippen LogP contribution in [0.3, 0.4) is 0 Å². The fraction of sp³-hybridized carbons (Fsp3) is 0.417. The van der Waals surface area contributed by atoms with Gasteiger partial charge in [-0.2, -0.15) is 0 Å². The topological polar surface area (TPSA) is 46.3 Å². The monoisotopic (exact) mass is 238 g/mol. The van der Waals surface area contributed by atoms with Crippen LogP contribution in [0.1, 0.15) is 18.9 Å². The summed E-state index contributed by atoms with van der Waals surface area (Å²) in [5.74, 6) is 0.0884. The van der Waals surface area contributed by atoms with Crippen molar-refractivity contribution in [3.63, 3.8) is 0 Å². The van der Waals surface area contributed by atoms with E-state index in [9.17, 15) is 4.79 Å². The molecule has 2 N–H and O–H groups in total. The smallest absolute Gasteiger partial charge is 0.228 e. The lowest BCUT2D eigenvalue weighted by atomic mass is 10.1. The van der Waals surface area contributed by atoms with Gasteiger partial charge in [0, 0.05) is 29.2 Å². The van der Waals surface area contributed by atoms with Gasteiger partial charge in [0.25, 0.3) is 0 Å². The van der Waals surface area contributed by atoms with Crippen molar-refractivity contribution in [3.05, 3.63) is 28.8 Å². The molecule has 4 heteroatoms. The second kappa shape index (κ2) is 4.07. The van der Waals surface area contributed by atoms with Crippen molar-refractivity contribution in [1.29, 1.82) is 0 Å². The Balaban J connectivity index is 2.40. The molecule has 3 nitrogen and oxygen atoms in total. The number of anilines is 1. The van der Waals surface area contributed by atoms with Crippen molar-refractivity contribution < 1.29 is 4.79 Å². The number of hydrogen-bond donors (Lipinski definition) is 1. The molecule has 16 heavy (non-hydrogen) atoms. The Bertz CT molecular complexity index is 433. The Kier molecular flexibility index (Phi) is 2.91. The van der Waals surface area contributed by atoms with Crippen LogP contribution in [0.2, 0.25) is 5.02 Å². The van der Waals surface area contributed by atoms with E-state index in [1.165, 1.54) is 0 Å². The number of carbonyl (C=O) groups is 1. The average molecular weight is 239 g/mol. The SMILES string of the molecule is Cc1cc(Cl)ccc1N1C(=O)CC(N)C1C. The molecule has 0 aromatic heterocycles. The number of amides is 1. The highest BCUT2D eigenvalue weighted by Gasteiger charge is 2.35. The number of benzene rings is 1. The second-order valence-corrected chi connectivity index (χ2v) is 4.74. The lowest BCUT2D eigenvalue weighted by Gasteiger charge is -2.25. The molecule has 1 aromatic carbocycles. The van der Waals surface area contributed by atoms with E-state index in [1.807, 2.05) is 26.0 Å². The van der Waals surface area contributed by atoms with Gasteiger partial charge in [-0.25, -0.2) is 0 Å². The molecule has 1 saturated heterocycles. The Labute approximate surface area is 100 Å². The first-order chi connectivity index (χ1) is 7.50. The first-order valence-corrected chi connectivity index (χ1v) is 5.72. The van der Waals surface area contributed by atoms with Crippen molar-refractivity contribution in [2.45, 2.75) is 32.4 Å². The number of nitrogens with two attached hydrogens (primary N) is 1. The van der Waals surface area contributed by atoms with Gasteiger partial charge < -0.3 is 10.6 Å². The number of nitrogens with zero attached hydrogens (tertiary/aromatic N) is 1. The van der Waals surface area contributed by atoms with Crippen molar-refractivity contribution in [2.24, 2.45) is 5.73 Å². The first kappa shape index (κ1) is 11.4. The molecule has 0 aliphatic carbocycles. The molecule has 1 heterocycles. The van der Waals surface area contributed by atoms with Gasteiger partial charge in [0.15, 0.2) is 0 Å². The summed E-state index contributed by atoms with van der Waals surface area (Å²) in [7, 11) is 0. The van der Waals surface area contributed by atoms with Crippen LogP contribution in [0.25, 0.3) is 0 Å². The van der Waals surface area contributed by atoms with Crippen molar-refractivity contribution in [1.82, 2.24) is 0 Å². The molecule has 0 saturated carbocycles. The Morgan fingerprint density at radius 3 is 2.69 bits per heavy atom. The molecular formula is C12H15ClN2O. The largest absolute Gasteiger partial charge is 0.325 e. The minimum absolute atomic E-state index is 0.0485. The zero-order chi connectivity index (χ0) is 11.9. The summed E-state index contributed by atoms with van der Waals surface area (Å²) >= 11 is 5.90. The number of hydrogen-bond acceptors (Lipinski definition) is 2. The number of aryl methyl sites for hydroxylation is 1. The van der Waals surface area contributed by atoms with E-state index in [0.29, 0.717) is 11.4 Å². The van der Waals surface area contributed by atoms with Crippen LogP contribution in [0, 0.1) is 6.92 Å². The quantitative estimate of drug-likeness (QED) is 0.815. The highest BCUT2D eigenvalue weighted by atomic mass is 35.5. The number of carbonyl (C=O) groups excluding carboxylic acids is 1. The number of halogens is 1. The van der Waals surface area contributed by atoms with Crippen LogP contribution < -0.4 is 10.6 Å². The Hall–Kier alpha value is -1.06. The normalized spacial score (nSPS) is 25.2. The molecule has 1 aromatic rings. The summed E-state index contributed by atoms with van der Waals surface area (Å²) in [6, 6.07) is 5.51. The maximum Gasteiger partial charge on any atom is 0.228 e. The van der Waals surface area contributed by atoms with Crippen LogP contribution in [0.4, 0.5) is 5.69 Å². The van der Waals surface area contributed by atoms with Crippen LogP contribution in [-0.4, -0.2) is 18.0 Å². The predicted molar refractivity (Wildman–Crippen MR) is 65.7 cm³/mol. The van der Waals surface area contributed by atoms with Gasteiger partial charge in [0.05, 0.1) is 0 Å². The molecule has 2 atom stereocenters. The van der Waals surface area contributed by atoms with E-state index in [-0.39, 0.29) is 18.0 Å². The zero-order valence-electron chi connectivity index (χ0n) is 9.40. The molecule has 1 aliphatic rings. The molecule has 1 aliphatic heterocycles. The molecule has 1 fully saturated rings. The van der Waals surface area contributed by atoms with E-state index in [1.54, 1.807) is 11.0 Å². The van der Waals surface area contributed by atoms with Gasteiger partial charge >= 0.3 is 0 Å². The first-order valence-electron chi connectivity index (χ1n) is 5.34. The van der Waals surface area contributed by atoms with Crippen molar-refractivity contribution in [2.75, 3.05) is 4.90 Å². The fourth-order valence-electron chi connectivity index (χ4n) is 2.13. The predicted octanol–water partition coefficient (Wildman–Crippen LogP) is 2.10. The molecule has 2 unspecified atom stereocenters. The van der Waals surface area contributed by atoms with E-state index in [4.69, 9.17) is 17.3 Å². The van der Waals surface area contributed by atoms with Crippen molar-refractivity contribution >= 4 is 23.2 Å². The van der Waals surface area contributed by atoms with Gasteiger partial charge in [-0.15, -0.1) is 0 Å². The standard InChI is InChI=1S/C12H15ClN2O/c1-7-5-9(13)3-4-11(7)15-8(2)10(14)6-12(15)16/h3-5,8,10H,6,14H2,1-2H3. The van der Waals surface area contributed by atoms with E-state index in [0.717, 1.165) is 11.3 Å². The molecule has 86 valence electrons. The Morgan fingerprint density at radius 2 is 2.19 bits per heavy atom. The van der Waals surface area contributed by atoms with Crippen LogP contribution in [0.15, 0.2) is 18.2 Å². The summed E-state index contributed by atoms with van der Waals surface area (Å²) in [4.78, 5) is 13.6. The third-order valence-corrected chi connectivity index (χ3v) is 3.36. The molecule has 2 rings (SSSR count). The maximum atomic E-state index is 11.8. The minimum Gasteiger partial charge on any atom is -0.325 e. The second-order valence-electron chi connectivity index (χ2n) is 4.30. The van der Waals surface area contributed by atoms with Crippen LogP contribution in [-0.2, 0) is 4.79 Å². The molecule has 0 radical (unpaired) electrons. The van der Waals surface area contributed by atoms with E-state index < -0.39 is 0 Å². The fourth-order valence-corrected chi connectivity index (χ4v) is 2.36. The lowest BCUT2D eigenvalue weighted by Crippen LogP contribution is -2.38. The molecule has 0 bridgehead atoms. The van der Waals surface area contributed by atoms with Gasteiger partial charge in [-0.3, -0.25) is 4.79 Å². The van der Waals surface area contributed by atoms with Gasteiger partial charge in [0.1, 0.15) is 0 Å². The van der Waals surface area contributed by atoms with Crippen LogP contribution in [0.5, 0.6) is 0 Å². The third-order valence-electron chi connectivity index (χ3n) is 3.12. The van der Waals surface area contributed by atoms with E-state index in [2.05, 4.69) is 0 Å². The zero-order valence-corrected chi connectivity index (χ0v) is 10.2. The minimum atomic E-state index is -0.0809. The van der Waals surface area contributed by atoms with Gasteiger partial charge in [-0.1, -0.05) is 11.6 Å². The highest BCUT2D eigenvalue weighted by molar-refractivity contribution is 6.30. The lowest BCUT2D eigenvalue weighted by molar-refractivity contribution is -0.117. The van der Waals surface area contributed by atoms with Gasteiger partial charge in [0.2, 0.25) is 5.91 Å². The summed E-state index contributed by atoms with van der Waals surface area (Å²) in [5, 5.41) is 0.685. The maximum absolute atomic E-state index is 11.8. The third kappa shape index (κ3) is 1.81. The summed E-state index contributed by atoms with van der Waals surface area (Å²) in [6.07, 6.45) is 0.420. The van der Waals surface area contributed by atoms with Crippen LogP contribution >= 0.6 is 11.6 Å². The summed E-state index contributed by atoms with van der Waals surface area (Å²) in [5.41, 5.74) is 7.80. The average Bonchev–Trinajstić information content (AvgIpc) is 2.43. The number of rotatable bonds is 1. The highest BCUT2D eigenvalue weighted by Crippen LogP contribution is 2.30. The molecule has 0 spiro atoms. The van der Waals surface area contributed by atoms with E-state index >= 15 is 0 Å². The van der Waals surface area contributed by atoms with Crippen molar-refractivity contribution in [3.8, 4) is 0 Å².